The Kier molecular flexibility index (Phi) is 4.09. The van der Waals surface area contributed by atoms with Crippen molar-refractivity contribution in [1.82, 2.24) is 10.2 Å². The van der Waals surface area contributed by atoms with Crippen LogP contribution in [0.15, 0.2) is 18.2 Å². The average molecular weight is 269 g/mol. The van der Waals surface area contributed by atoms with E-state index in [-0.39, 0.29) is 5.91 Å². The van der Waals surface area contributed by atoms with E-state index in [1.165, 1.54) is 0 Å². The molecule has 1 heterocycles. The molecule has 0 bridgehead atoms. The molecule has 98 valence electrons. The molecule has 4 nitrogen and oxygen atoms in total. The highest BCUT2D eigenvalue weighted by Gasteiger charge is 2.25. The van der Waals surface area contributed by atoms with Crippen molar-refractivity contribution in [3.05, 3.63) is 28.8 Å². The Morgan fingerprint density at radius 2 is 2.33 bits per heavy atom. The fourth-order valence-corrected chi connectivity index (χ4v) is 2.40. The van der Waals surface area contributed by atoms with Gasteiger partial charge in [-0.1, -0.05) is 17.7 Å². The van der Waals surface area contributed by atoms with Crippen LogP contribution < -0.4 is 10.1 Å². The summed E-state index contributed by atoms with van der Waals surface area (Å²) in [5.41, 5.74) is 0.454. The number of halogens is 1. The lowest BCUT2D eigenvalue weighted by Crippen LogP contribution is -2.51. The van der Waals surface area contributed by atoms with Gasteiger partial charge in [0.1, 0.15) is 11.3 Å². The maximum Gasteiger partial charge on any atom is 0.259 e. The number of rotatable bonds is 2. The third-order valence-electron chi connectivity index (χ3n) is 3.07. The van der Waals surface area contributed by atoms with Gasteiger partial charge in [-0.25, -0.2) is 0 Å². The number of ether oxygens (including phenoxy) is 1. The van der Waals surface area contributed by atoms with Crippen molar-refractivity contribution in [3.63, 3.8) is 0 Å². The van der Waals surface area contributed by atoms with Crippen molar-refractivity contribution >= 4 is 17.5 Å². The second-order valence-electron chi connectivity index (χ2n) is 4.42. The Labute approximate surface area is 112 Å². The van der Waals surface area contributed by atoms with E-state index in [1.54, 1.807) is 25.3 Å². The third-order valence-corrected chi connectivity index (χ3v) is 3.38. The molecule has 1 amide bonds. The highest BCUT2D eigenvalue weighted by molar-refractivity contribution is 6.34. The van der Waals surface area contributed by atoms with Crippen LogP contribution in [0.25, 0.3) is 0 Å². The van der Waals surface area contributed by atoms with Gasteiger partial charge in [0.25, 0.3) is 5.91 Å². The topological polar surface area (TPSA) is 41.6 Å². The number of hydrogen-bond acceptors (Lipinski definition) is 3. The fraction of sp³-hybridized carbons (Fsp3) is 0.462. The molecule has 1 fully saturated rings. The van der Waals surface area contributed by atoms with Gasteiger partial charge < -0.3 is 15.0 Å². The van der Waals surface area contributed by atoms with Crippen molar-refractivity contribution in [1.29, 1.82) is 0 Å². The summed E-state index contributed by atoms with van der Waals surface area (Å²) in [6, 6.07) is 5.54. The number of carbonyl (C=O) groups excluding carboxylic acids is 1. The number of methoxy groups -OCH3 is 1. The molecule has 1 atom stereocenters. The molecule has 1 aromatic carbocycles. The second-order valence-corrected chi connectivity index (χ2v) is 4.83. The first-order valence-electron chi connectivity index (χ1n) is 5.98. The van der Waals surface area contributed by atoms with Crippen LogP contribution in [0.1, 0.15) is 17.3 Å². The standard InChI is InChI=1S/C13H17ClN2O2/c1-9-8-16(7-6-15-9)13(17)12-10(14)4-3-5-11(12)18-2/h3-5,9,15H,6-8H2,1-2H3/t9-/m0/s1. The quantitative estimate of drug-likeness (QED) is 0.889. The van der Waals surface area contributed by atoms with Gasteiger partial charge in [0.05, 0.1) is 12.1 Å². The molecule has 1 aromatic rings. The maximum absolute atomic E-state index is 12.5. The van der Waals surface area contributed by atoms with Crippen LogP contribution in [0.3, 0.4) is 0 Å². The van der Waals surface area contributed by atoms with E-state index in [1.807, 2.05) is 4.90 Å². The predicted octanol–water partition coefficient (Wildman–Crippen LogP) is 1.78. The van der Waals surface area contributed by atoms with Crippen LogP contribution in [0, 0.1) is 0 Å². The zero-order chi connectivity index (χ0) is 13.1. The smallest absolute Gasteiger partial charge is 0.259 e. The van der Waals surface area contributed by atoms with Crippen molar-refractivity contribution < 1.29 is 9.53 Å². The Morgan fingerprint density at radius 1 is 1.56 bits per heavy atom. The zero-order valence-corrected chi connectivity index (χ0v) is 11.3. The SMILES string of the molecule is COc1cccc(Cl)c1C(=O)N1CCN[C@@H](C)C1. The van der Waals surface area contributed by atoms with Crippen LogP contribution in [0.4, 0.5) is 0 Å². The number of benzene rings is 1. The lowest BCUT2D eigenvalue weighted by atomic mass is 10.1. The van der Waals surface area contributed by atoms with Gasteiger partial charge in [-0.05, 0) is 19.1 Å². The Morgan fingerprint density at radius 3 is 3.00 bits per heavy atom. The van der Waals surface area contributed by atoms with Gasteiger partial charge in [-0.2, -0.15) is 0 Å². The summed E-state index contributed by atoms with van der Waals surface area (Å²) in [6.07, 6.45) is 0. The molecule has 0 radical (unpaired) electrons. The summed E-state index contributed by atoms with van der Waals surface area (Å²) in [5.74, 6) is 0.462. The van der Waals surface area contributed by atoms with Crippen LogP contribution in [0.5, 0.6) is 5.75 Å². The lowest BCUT2D eigenvalue weighted by Gasteiger charge is -2.32. The zero-order valence-electron chi connectivity index (χ0n) is 10.6. The Hall–Kier alpha value is -1.26. The van der Waals surface area contributed by atoms with Gasteiger partial charge in [0.2, 0.25) is 0 Å². The normalized spacial score (nSPS) is 19.7. The molecule has 0 spiro atoms. The fourth-order valence-electron chi connectivity index (χ4n) is 2.16. The van der Waals surface area contributed by atoms with Gasteiger partial charge in [-0.3, -0.25) is 4.79 Å². The maximum atomic E-state index is 12.5. The van der Waals surface area contributed by atoms with E-state index in [0.717, 1.165) is 6.54 Å². The molecular formula is C13H17ClN2O2. The van der Waals surface area contributed by atoms with Crippen LogP contribution >= 0.6 is 11.6 Å². The summed E-state index contributed by atoms with van der Waals surface area (Å²) >= 11 is 6.12. The minimum Gasteiger partial charge on any atom is -0.496 e. The molecule has 2 rings (SSSR count). The van der Waals surface area contributed by atoms with Crippen molar-refractivity contribution in [2.75, 3.05) is 26.7 Å². The summed E-state index contributed by atoms with van der Waals surface area (Å²) < 4.78 is 5.22. The van der Waals surface area contributed by atoms with Crippen molar-refractivity contribution in [2.24, 2.45) is 0 Å². The number of carbonyl (C=O) groups is 1. The van der Waals surface area contributed by atoms with Gasteiger partial charge in [0.15, 0.2) is 0 Å². The minimum atomic E-state index is -0.0641. The van der Waals surface area contributed by atoms with E-state index >= 15 is 0 Å². The van der Waals surface area contributed by atoms with E-state index in [2.05, 4.69) is 12.2 Å². The Bertz CT molecular complexity index is 451. The van der Waals surface area contributed by atoms with E-state index in [9.17, 15) is 4.79 Å². The summed E-state index contributed by atoms with van der Waals surface area (Å²) in [5, 5.41) is 3.74. The molecule has 0 aliphatic carbocycles. The van der Waals surface area contributed by atoms with Crippen LogP contribution in [-0.4, -0.2) is 43.6 Å². The van der Waals surface area contributed by atoms with Crippen molar-refractivity contribution in [2.45, 2.75) is 13.0 Å². The molecule has 5 heteroatoms. The number of piperazine rings is 1. The number of nitrogens with zero attached hydrogens (tertiary/aromatic N) is 1. The molecule has 1 N–H and O–H groups in total. The van der Waals surface area contributed by atoms with Crippen LogP contribution in [-0.2, 0) is 0 Å². The van der Waals surface area contributed by atoms with Gasteiger partial charge >= 0.3 is 0 Å². The number of amides is 1. The van der Waals surface area contributed by atoms with Crippen LogP contribution in [0.2, 0.25) is 5.02 Å². The van der Waals surface area contributed by atoms with E-state index < -0.39 is 0 Å². The second kappa shape index (κ2) is 5.59. The summed E-state index contributed by atoms with van der Waals surface area (Å²) in [6.45, 7) is 4.24. The molecule has 0 saturated carbocycles. The highest BCUT2D eigenvalue weighted by Crippen LogP contribution is 2.27. The van der Waals surface area contributed by atoms with Crippen molar-refractivity contribution in [3.8, 4) is 5.75 Å². The monoisotopic (exact) mass is 268 g/mol. The van der Waals surface area contributed by atoms with Gasteiger partial charge in [0, 0.05) is 25.7 Å². The largest absolute Gasteiger partial charge is 0.496 e. The lowest BCUT2D eigenvalue weighted by molar-refractivity contribution is 0.0706. The molecule has 1 saturated heterocycles. The third kappa shape index (κ3) is 2.60. The minimum absolute atomic E-state index is 0.0641. The first-order chi connectivity index (χ1) is 8.63. The van der Waals surface area contributed by atoms with E-state index in [0.29, 0.717) is 35.5 Å². The Balaban J connectivity index is 2.28. The first-order valence-corrected chi connectivity index (χ1v) is 6.36. The first kappa shape index (κ1) is 13.2. The summed E-state index contributed by atoms with van der Waals surface area (Å²) in [4.78, 5) is 14.3. The molecule has 1 aliphatic rings. The average Bonchev–Trinajstić information content (AvgIpc) is 2.37. The van der Waals surface area contributed by atoms with Gasteiger partial charge in [-0.15, -0.1) is 0 Å². The highest BCUT2D eigenvalue weighted by atomic mass is 35.5. The number of nitrogens with one attached hydrogen (secondary N) is 1. The molecule has 18 heavy (non-hydrogen) atoms. The summed E-state index contributed by atoms with van der Waals surface area (Å²) in [7, 11) is 1.54. The predicted molar refractivity (Wildman–Crippen MR) is 71.4 cm³/mol. The number of hydrogen-bond donors (Lipinski definition) is 1. The molecular weight excluding hydrogens is 252 g/mol. The molecule has 1 aliphatic heterocycles. The van der Waals surface area contributed by atoms with E-state index in [4.69, 9.17) is 16.3 Å². The molecule has 0 unspecified atom stereocenters. The molecule has 0 aromatic heterocycles.